The Labute approximate surface area is 136 Å². The normalized spacial score (nSPS) is 16.9. The van der Waals surface area contributed by atoms with Gasteiger partial charge >= 0.3 is 5.97 Å². The largest absolute Gasteiger partial charge is 0.497 e. The summed E-state index contributed by atoms with van der Waals surface area (Å²) in [4.78, 5) is 17.2. The van der Waals surface area contributed by atoms with E-state index in [2.05, 4.69) is 0 Å². The van der Waals surface area contributed by atoms with Gasteiger partial charge in [0.2, 0.25) is 0 Å². The van der Waals surface area contributed by atoms with Gasteiger partial charge < -0.3 is 14.3 Å². The predicted octanol–water partition coefficient (Wildman–Crippen LogP) is 3.18. The minimum atomic E-state index is -0.528. The minimum absolute atomic E-state index is 0.0949. The fourth-order valence-corrected chi connectivity index (χ4v) is 2.18. The molecule has 1 aromatic carbocycles. The molecule has 1 fully saturated rings. The molecule has 0 saturated carbocycles. The summed E-state index contributed by atoms with van der Waals surface area (Å²) in [6, 6.07) is 4.54. The molecule has 1 heterocycles. The summed E-state index contributed by atoms with van der Waals surface area (Å²) >= 11 is 0. The van der Waals surface area contributed by atoms with Crippen LogP contribution < -0.4 is 9.47 Å². The summed E-state index contributed by atoms with van der Waals surface area (Å²) in [6.45, 7) is 6.60. The smallest absolute Gasteiger partial charge is 0.330 e. The summed E-state index contributed by atoms with van der Waals surface area (Å²) in [5.41, 5.74) is -0.528. The maximum Gasteiger partial charge on any atom is 0.330 e. The highest BCUT2D eigenvalue weighted by Crippen LogP contribution is 2.26. The molecule has 0 amide bonds. The summed E-state index contributed by atoms with van der Waals surface area (Å²) in [5.74, 6) is -0.0151. The van der Waals surface area contributed by atoms with Crippen LogP contribution in [0.2, 0.25) is 0 Å². The van der Waals surface area contributed by atoms with Gasteiger partial charge in [-0.1, -0.05) is 0 Å². The highest BCUT2D eigenvalue weighted by Gasteiger charge is 2.29. The molecule has 1 aromatic rings. The summed E-state index contributed by atoms with van der Waals surface area (Å²) in [6.07, 6.45) is 1.24. The molecule has 6 heteroatoms. The summed E-state index contributed by atoms with van der Waals surface area (Å²) < 4.78 is 24.6. The first-order valence-corrected chi connectivity index (χ1v) is 7.77. The molecule has 1 aliphatic heterocycles. The van der Waals surface area contributed by atoms with Crippen molar-refractivity contribution in [3.8, 4) is 11.5 Å². The second kappa shape index (κ2) is 7.17. The van der Waals surface area contributed by atoms with Crippen molar-refractivity contribution in [1.82, 2.24) is 5.06 Å². The van der Waals surface area contributed by atoms with Crippen LogP contribution in [0.15, 0.2) is 18.2 Å². The Morgan fingerprint density at radius 3 is 2.43 bits per heavy atom. The topological polar surface area (TPSA) is 48.0 Å². The van der Waals surface area contributed by atoms with Gasteiger partial charge in [-0.05, 0) is 32.9 Å². The monoisotopic (exact) mass is 325 g/mol. The van der Waals surface area contributed by atoms with E-state index >= 15 is 0 Å². The first-order chi connectivity index (χ1) is 10.8. The molecule has 0 atom stereocenters. The number of halogens is 1. The van der Waals surface area contributed by atoms with E-state index in [4.69, 9.17) is 14.3 Å². The maximum atomic E-state index is 13.9. The molecule has 0 unspecified atom stereocenters. The molecule has 128 valence electrons. The van der Waals surface area contributed by atoms with Crippen molar-refractivity contribution < 1.29 is 23.5 Å². The Hall–Kier alpha value is -1.82. The second-order valence-corrected chi connectivity index (χ2v) is 6.67. The number of hydrogen-bond acceptors (Lipinski definition) is 5. The van der Waals surface area contributed by atoms with E-state index in [9.17, 15) is 9.18 Å². The van der Waals surface area contributed by atoms with Crippen molar-refractivity contribution in [2.75, 3.05) is 20.2 Å². The van der Waals surface area contributed by atoms with Gasteiger partial charge in [-0.25, -0.2) is 9.18 Å². The van der Waals surface area contributed by atoms with E-state index in [0.29, 0.717) is 31.7 Å². The van der Waals surface area contributed by atoms with Crippen molar-refractivity contribution in [1.29, 1.82) is 0 Å². The van der Waals surface area contributed by atoms with Gasteiger partial charge in [0.1, 0.15) is 11.9 Å². The van der Waals surface area contributed by atoms with Gasteiger partial charge in [0.05, 0.1) is 12.5 Å². The second-order valence-electron chi connectivity index (χ2n) is 6.67. The maximum absolute atomic E-state index is 13.9. The lowest BCUT2D eigenvalue weighted by Gasteiger charge is -2.32. The quantitative estimate of drug-likeness (QED) is 0.851. The Balaban J connectivity index is 1.84. The number of rotatable bonds is 4. The molecule has 2 rings (SSSR count). The fourth-order valence-electron chi connectivity index (χ4n) is 2.18. The SMILES string of the molecule is COc1ccc(OC2CCN(OC(=O)C(C)(C)C)CC2)c(F)c1. The van der Waals surface area contributed by atoms with Crippen LogP contribution in [0, 0.1) is 11.2 Å². The zero-order valence-electron chi connectivity index (χ0n) is 14.1. The number of ether oxygens (including phenoxy) is 2. The Morgan fingerprint density at radius 1 is 1.26 bits per heavy atom. The fraction of sp³-hybridized carbons (Fsp3) is 0.588. The third-order valence-electron chi connectivity index (χ3n) is 3.66. The standard InChI is InChI=1S/C17H24FNO4/c1-17(2,3)16(20)23-19-9-7-12(8-10-19)22-15-6-5-13(21-4)11-14(15)18/h5-6,11-12H,7-10H2,1-4H3. The highest BCUT2D eigenvalue weighted by molar-refractivity contribution is 5.75. The zero-order chi connectivity index (χ0) is 17.0. The number of carbonyl (C=O) groups is 1. The average molecular weight is 325 g/mol. The van der Waals surface area contributed by atoms with Crippen LogP contribution in [0.25, 0.3) is 0 Å². The third kappa shape index (κ3) is 4.82. The number of carbonyl (C=O) groups excluding carboxylic acids is 1. The molecule has 0 N–H and O–H groups in total. The Kier molecular flexibility index (Phi) is 5.46. The molecule has 0 radical (unpaired) electrons. The number of hydroxylamine groups is 2. The van der Waals surface area contributed by atoms with Crippen LogP contribution in [0.3, 0.4) is 0 Å². The van der Waals surface area contributed by atoms with E-state index < -0.39 is 11.2 Å². The van der Waals surface area contributed by atoms with Crippen molar-refractivity contribution in [2.45, 2.75) is 39.7 Å². The van der Waals surface area contributed by atoms with E-state index in [-0.39, 0.29) is 17.8 Å². The zero-order valence-corrected chi connectivity index (χ0v) is 14.1. The minimum Gasteiger partial charge on any atom is -0.497 e. The molecular formula is C17H24FNO4. The Bertz CT molecular complexity index is 548. The molecule has 1 saturated heterocycles. The van der Waals surface area contributed by atoms with Gasteiger partial charge in [-0.2, -0.15) is 0 Å². The highest BCUT2D eigenvalue weighted by atomic mass is 19.1. The summed E-state index contributed by atoms with van der Waals surface area (Å²) in [7, 11) is 1.49. The van der Waals surface area contributed by atoms with E-state index in [1.807, 2.05) is 20.8 Å². The van der Waals surface area contributed by atoms with Crippen molar-refractivity contribution >= 4 is 5.97 Å². The number of piperidine rings is 1. The van der Waals surface area contributed by atoms with E-state index in [1.54, 1.807) is 17.2 Å². The van der Waals surface area contributed by atoms with Gasteiger partial charge in [0.15, 0.2) is 11.6 Å². The number of hydrogen-bond donors (Lipinski definition) is 0. The van der Waals surface area contributed by atoms with Crippen LogP contribution in [0.4, 0.5) is 4.39 Å². The number of methoxy groups -OCH3 is 1. The van der Waals surface area contributed by atoms with Crippen molar-refractivity contribution in [3.05, 3.63) is 24.0 Å². The molecule has 0 bridgehead atoms. The van der Waals surface area contributed by atoms with Crippen LogP contribution in [0.1, 0.15) is 33.6 Å². The van der Waals surface area contributed by atoms with E-state index in [0.717, 1.165) is 0 Å². The third-order valence-corrected chi connectivity index (χ3v) is 3.66. The van der Waals surface area contributed by atoms with Crippen LogP contribution >= 0.6 is 0 Å². The molecule has 0 aliphatic carbocycles. The Morgan fingerprint density at radius 2 is 1.91 bits per heavy atom. The van der Waals surface area contributed by atoms with Gasteiger partial charge in [0, 0.05) is 32.0 Å². The first kappa shape index (κ1) is 17.5. The molecule has 5 nitrogen and oxygen atoms in total. The van der Waals surface area contributed by atoms with Crippen molar-refractivity contribution in [3.63, 3.8) is 0 Å². The lowest BCUT2D eigenvalue weighted by molar-refractivity contribution is -0.207. The molecule has 0 aromatic heterocycles. The van der Waals surface area contributed by atoms with Gasteiger partial charge in [-0.15, -0.1) is 5.06 Å². The number of benzene rings is 1. The van der Waals surface area contributed by atoms with Crippen LogP contribution in [0.5, 0.6) is 11.5 Å². The van der Waals surface area contributed by atoms with E-state index in [1.165, 1.54) is 13.2 Å². The van der Waals surface area contributed by atoms with Crippen LogP contribution in [-0.4, -0.2) is 37.3 Å². The summed E-state index contributed by atoms with van der Waals surface area (Å²) in [5, 5.41) is 1.65. The molecule has 0 spiro atoms. The molecule has 23 heavy (non-hydrogen) atoms. The molecule has 1 aliphatic rings. The van der Waals surface area contributed by atoms with Gasteiger partial charge in [0.25, 0.3) is 0 Å². The van der Waals surface area contributed by atoms with Crippen molar-refractivity contribution in [2.24, 2.45) is 5.41 Å². The lowest BCUT2D eigenvalue weighted by Crippen LogP contribution is -2.41. The van der Waals surface area contributed by atoms with Crippen LogP contribution in [-0.2, 0) is 9.63 Å². The lowest BCUT2D eigenvalue weighted by atomic mass is 9.98. The predicted molar refractivity (Wildman–Crippen MR) is 83.7 cm³/mol. The van der Waals surface area contributed by atoms with Gasteiger partial charge in [-0.3, -0.25) is 0 Å². The molecular weight excluding hydrogens is 301 g/mol. The average Bonchev–Trinajstić information content (AvgIpc) is 2.50. The first-order valence-electron chi connectivity index (χ1n) is 7.77. The number of nitrogens with zero attached hydrogens (tertiary/aromatic N) is 1.